The fraction of sp³-hybridized carbons (Fsp3) is 0.312. The molecule has 2 aromatic rings. The number of carbonyl (C=O) groups is 1. The van der Waals surface area contributed by atoms with Gasteiger partial charge in [0.05, 0.1) is 12.6 Å². The third-order valence-electron chi connectivity index (χ3n) is 3.39. The van der Waals surface area contributed by atoms with Crippen LogP contribution in [0.25, 0.3) is 0 Å². The smallest absolute Gasteiger partial charge is 0.239 e. The molecule has 0 radical (unpaired) electrons. The zero-order valence-corrected chi connectivity index (χ0v) is 12.9. The third kappa shape index (κ3) is 3.61. The van der Waals surface area contributed by atoms with E-state index in [1.807, 2.05) is 36.6 Å². The normalized spacial score (nSPS) is 11.9. The van der Waals surface area contributed by atoms with Crippen LogP contribution in [0.3, 0.4) is 0 Å². The molecular weight excluding hydrogens is 268 g/mol. The first-order valence-corrected chi connectivity index (χ1v) is 7.58. The van der Waals surface area contributed by atoms with Gasteiger partial charge in [0.1, 0.15) is 0 Å². The molecule has 1 unspecified atom stereocenters. The molecule has 0 aliphatic heterocycles. The summed E-state index contributed by atoms with van der Waals surface area (Å²) in [5, 5.41) is 8.21. The molecule has 1 heterocycles. The number of carbonyl (C=O) groups excluding carboxylic acids is 1. The number of hydrogen-bond donors (Lipinski definition) is 2. The second-order valence-electron chi connectivity index (χ2n) is 4.91. The molecular formula is C16H20N2OS. The lowest BCUT2D eigenvalue weighted by molar-refractivity contribution is -0.120. The van der Waals surface area contributed by atoms with Crippen LogP contribution < -0.4 is 10.6 Å². The summed E-state index contributed by atoms with van der Waals surface area (Å²) in [7, 11) is 0. The Hall–Kier alpha value is -1.81. The number of benzene rings is 1. The molecule has 1 aromatic carbocycles. The van der Waals surface area contributed by atoms with Crippen molar-refractivity contribution in [1.29, 1.82) is 0 Å². The molecule has 0 saturated carbocycles. The quantitative estimate of drug-likeness (QED) is 0.881. The number of aryl methyl sites for hydroxylation is 1. The van der Waals surface area contributed by atoms with Crippen LogP contribution >= 0.6 is 11.3 Å². The van der Waals surface area contributed by atoms with E-state index >= 15 is 0 Å². The van der Waals surface area contributed by atoms with Crippen molar-refractivity contribution < 1.29 is 4.79 Å². The Morgan fingerprint density at radius 2 is 2.05 bits per heavy atom. The molecule has 4 heteroatoms. The van der Waals surface area contributed by atoms with Crippen molar-refractivity contribution in [2.45, 2.75) is 26.8 Å². The molecule has 0 spiro atoms. The van der Waals surface area contributed by atoms with Crippen molar-refractivity contribution in [3.05, 3.63) is 51.7 Å². The largest absolute Gasteiger partial charge is 0.376 e. The van der Waals surface area contributed by atoms with E-state index in [0.29, 0.717) is 6.54 Å². The second kappa shape index (κ2) is 6.57. The van der Waals surface area contributed by atoms with Gasteiger partial charge in [-0.1, -0.05) is 18.2 Å². The highest BCUT2D eigenvalue weighted by atomic mass is 32.1. The topological polar surface area (TPSA) is 41.1 Å². The van der Waals surface area contributed by atoms with Crippen molar-refractivity contribution in [2.24, 2.45) is 0 Å². The SMILES string of the molecule is Cc1cccc(NCC(=O)NC(C)c2cccs2)c1C. The first kappa shape index (κ1) is 14.6. The van der Waals surface area contributed by atoms with E-state index in [1.54, 1.807) is 11.3 Å². The fourth-order valence-corrected chi connectivity index (χ4v) is 2.75. The van der Waals surface area contributed by atoms with Gasteiger partial charge in [-0.05, 0) is 49.4 Å². The van der Waals surface area contributed by atoms with Crippen LogP contribution in [0.1, 0.15) is 29.0 Å². The molecule has 106 valence electrons. The van der Waals surface area contributed by atoms with Crippen molar-refractivity contribution in [2.75, 3.05) is 11.9 Å². The molecule has 0 bridgehead atoms. The van der Waals surface area contributed by atoms with Crippen LogP contribution in [0.5, 0.6) is 0 Å². The highest BCUT2D eigenvalue weighted by molar-refractivity contribution is 7.10. The molecule has 0 aliphatic carbocycles. The van der Waals surface area contributed by atoms with Crippen molar-refractivity contribution in [3.8, 4) is 0 Å². The summed E-state index contributed by atoms with van der Waals surface area (Å²) in [6.07, 6.45) is 0. The van der Waals surface area contributed by atoms with E-state index in [-0.39, 0.29) is 11.9 Å². The fourth-order valence-electron chi connectivity index (χ4n) is 2.02. The van der Waals surface area contributed by atoms with Crippen LogP contribution in [0, 0.1) is 13.8 Å². The molecule has 0 aliphatic rings. The Morgan fingerprint density at radius 3 is 2.75 bits per heavy atom. The van der Waals surface area contributed by atoms with Crippen LogP contribution in [0.4, 0.5) is 5.69 Å². The van der Waals surface area contributed by atoms with Gasteiger partial charge in [0, 0.05) is 10.6 Å². The van der Waals surface area contributed by atoms with E-state index in [0.717, 1.165) is 5.69 Å². The highest BCUT2D eigenvalue weighted by Crippen LogP contribution is 2.19. The van der Waals surface area contributed by atoms with Gasteiger partial charge in [0.15, 0.2) is 0 Å². The van der Waals surface area contributed by atoms with Crippen LogP contribution in [-0.2, 0) is 4.79 Å². The van der Waals surface area contributed by atoms with Crippen molar-refractivity contribution >= 4 is 22.9 Å². The van der Waals surface area contributed by atoms with Gasteiger partial charge in [-0.25, -0.2) is 0 Å². The lowest BCUT2D eigenvalue weighted by atomic mass is 10.1. The van der Waals surface area contributed by atoms with E-state index in [1.165, 1.54) is 16.0 Å². The maximum atomic E-state index is 11.9. The first-order valence-electron chi connectivity index (χ1n) is 6.71. The molecule has 2 rings (SSSR count). The maximum absolute atomic E-state index is 11.9. The zero-order valence-electron chi connectivity index (χ0n) is 12.1. The Balaban J connectivity index is 1.88. The monoisotopic (exact) mass is 288 g/mol. The Bertz CT molecular complexity index is 578. The lowest BCUT2D eigenvalue weighted by Gasteiger charge is -2.14. The minimum absolute atomic E-state index is 0.00630. The average Bonchev–Trinajstić information content (AvgIpc) is 2.94. The van der Waals surface area contributed by atoms with Gasteiger partial charge in [-0.3, -0.25) is 4.79 Å². The van der Waals surface area contributed by atoms with Crippen molar-refractivity contribution in [3.63, 3.8) is 0 Å². The Labute approximate surface area is 124 Å². The summed E-state index contributed by atoms with van der Waals surface area (Å²) in [4.78, 5) is 13.1. The van der Waals surface area contributed by atoms with Gasteiger partial charge >= 0.3 is 0 Å². The van der Waals surface area contributed by atoms with Crippen LogP contribution in [-0.4, -0.2) is 12.5 Å². The van der Waals surface area contributed by atoms with E-state index < -0.39 is 0 Å². The van der Waals surface area contributed by atoms with Gasteiger partial charge in [-0.15, -0.1) is 11.3 Å². The molecule has 2 N–H and O–H groups in total. The minimum Gasteiger partial charge on any atom is -0.376 e. The third-order valence-corrected chi connectivity index (χ3v) is 4.45. The number of amides is 1. The molecule has 0 fully saturated rings. The first-order chi connectivity index (χ1) is 9.58. The van der Waals surface area contributed by atoms with Gasteiger partial charge < -0.3 is 10.6 Å². The molecule has 1 amide bonds. The van der Waals surface area contributed by atoms with Gasteiger partial charge in [-0.2, -0.15) is 0 Å². The standard InChI is InChI=1S/C16H20N2OS/c1-11-6-4-7-14(12(11)2)17-10-16(19)18-13(3)15-8-5-9-20-15/h4-9,13,17H,10H2,1-3H3,(H,18,19). The molecule has 20 heavy (non-hydrogen) atoms. The number of rotatable bonds is 5. The number of thiophene rings is 1. The highest BCUT2D eigenvalue weighted by Gasteiger charge is 2.10. The number of hydrogen-bond acceptors (Lipinski definition) is 3. The summed E-state index contributed by atoms with van der Waals surface area (Å²) in [5.41, 5.74) is 3.43. The van der Waals surface area contributed by atoms with Gasteiger partial charge in [0.25, 0.3) is 0 Å². The zero-order chi connectivity index (χ0) is 14.5. The van der Waals surface area contributed by atoms with Crippen LogP contribution in [0.15, 0.2) is 35.7 Å². The summed E-state index contributed by atoms with van der Waals surface area (Å²) < 4.78 is 0. The van der Waals surface area contributed by atoms with E-state index in [9.17, 15) is 4.79 Å². The van der Waals surface area contributed by atoms with Crippen LogP contribution in [0.2, 0.25) is 0 Å². The molecule has 1 atom stereocenters. The van der Waals surface area contributed by atoms with E-state index in [2.05, 4.69) is 30.5 Å². The Kier molecular flexibility index (Phi) is 4.79. The predicted octanol–water partition coefficient (Wildman–Crippen LogP) is 3.65. The summed E-state index contributed by atoms with van der Waals surface area (Å²) in [6.45, 7) is 6.42. The summed E-state index contributed by atoms with van der Waals surface area (Å²) in [6, 6.07) is 10.2. The Morgan fingerprint density at radius 1 is 1.25 bits per heavy atom. The van der Waals surface area contributed by atoms with Crippen molar-refractivity contribution in [1.82, 2.24) is 5.32 Å². The summed E-state index contributed by atoms with van der Waals surface area (Å²) >= 11 is 1.66. The minimum atomic E-state index is 0.00630. The number of nitrogens with one attached hydrogen (secondary N) is 2. The maximum Gasteiger partial charge on any atom is 0.239 e. The number of anilines is 1. The molecule has 0 saturated heterocycles. The average molecular weight is 288 g/mol. The second-order valence-corrected chi connectivity index (χ2v) is 5.88. The predicted molar refractivity (Wildman–Crippen MR) is 85.3 cm³/mol. The van der Waals surface area contributed by atoms with Gasteiger partial charge in [0.2, 0.25) is 5.91 Å². The molecule has 3 nitrogen and oxygen atoms in total. The summed E-state index contributed by atoms with van der Waals surface area (Å²) in [5.74, 6) is 0.00630. The molecule has 1 aromatic heterocycles. The van der Waals surface area contributed by atoms with E-state index in [4.69, 9.17) is 0 Å². The lowest BCUT2D eigenvalue weighted by Crippen LogP contribution is -2.31.